The predicted molar refractivity (Wildman–Crippen MR) is 23.8 cm³/mol. The lowest BCUT2D eigenvalue weighted by Crippen LogP contribution is -2.31. The quantitative estimate of drug-likeness (QED) is 0.530. The van der Waals surface area contributed by atoms with Crippen LogP contribution < -0.4 is 5.32 Å². The van der Waals surface area contributed by atoms with Crippen LogP contribution in [0.2, 0.25) is 0 Å². The maximum absolute atomic E-state index is 11.6. The fourth-order valence-electron chi connectivity index (χ4n) is 0.619. The second-order valence-corrected chi connectivity index (χ2v) is 1.80. The van der Waals surface area contributed by atoms with Gasteiger partial charge in [0.05, 0.1) is 6.73 Å². The number of nitrogens with one attached hydrogen (secondary N) is 1. The number of ether oxygens (including phenoxy) is 1. The van der Waals surface area contributed by atoms with Crippen LogP contribution in [0.15, 0.2) is 0 Å². The van der Waals surface area contributed by atoms with Crippen molar-refractivity contribution in [1.29, 1.82) is 0 Å². The zero-order valence-electron chi connectivity index (χ0n) is 4.53. The van der Waals surface area contributed by atoms with Crippen molar-refractivity contribution in [2.24, 2.45) is 0 Å². The van der Waals surface area contributed by atoms with Crippen LogP contribution in [0.4, 0.5) is 13.2 Å². The standard InChI is InChI=1S/C4H6F3NO/c5-4(6,7)3-1-8-2-9-3/h3,8H,1-2H2. The largest absolute Gasteiger partial charge is 0.415 e. The van der Waals surface area contributed by atoms with Crippen molar-refractivity contribution < 1.29 is 17.9 Å². The van der Waals surface area contributed by atoms with Gasteiger partial charge in [0.15, 0.2) is 6.10 Å². The Morgan fingerprint density at radius 3 is 2.33 bits per heavy atom. The molecule has 2 nitrogen and oxygen atoms in total. The Balaban J connectivity index is 2.42. The summed E-state index contributed by atoms with van der Waals surface area (Å²) in [5.74, 6) is 0. The molecule has 0 amide bonds. The summed E-state index contributed by atoms with van der Waals surface area (Å²) in [6, 6.07) is 0. The van der Waals surface area contributed by atoms with E-state index in [1.165, 1.54) is 0 Å². The van der Waals surface area contributed by atoms with Crippen LogP contribution >= 0.6 is 0 Å². The Labute approximate surface area is 50.0 Å². The smallest absolute Gasteiger partial charge is 0.352 e. The molecule has 0 radical (unpaired) electrons. The van der Waals surface area contributed by atoms with E-state index in [-0.39, 0.29) is 13.3 Å². The summed E-state index contributed by atoms with van der Waals surface area (Å²) < 4.78 is 39.1. The molecular weight excluding hydrogens is 135 g/mol. The summed E-state index contributed by atoms with van der Waals surface area (Å²) in [5, 5.41) is 2.44. The van der Waals surface area contributed by atoms with Crippen LogP contribution in [0.5, 0.6) is 0 Å². The van der Waals surface area contributed by atoms with Crippen molar-refractivity contribution in [2.45, 2.75) is 12.3 Å². The molecule has 0 aromatic rings. The van der Waals surface area contributed by atoms with Crippen molar-refractivity contribution in [2.75, 3.05) is 13.3 Å². The number of hydrogen-bond donors (Lipinski definition) is 1. The monoisotopic (exact) mass is 141 g/mol. The molecule has 1 rings (SSSR count). The summed E-state index contributed by atoms with van der Waals surface area (Å²) in [7, 11) is 0. The second kappa shape index (κ2) is 2.15. The second-order valence-electron chi connectivity index (χ2n) is 1.80. The van der Waals surface area contributed by atoms with Gasteiger partial charge in [-0.05, 0) is 0 Å². The third-order valence-corrected chi connectivity index (χ3v) is 1.08. The van der Waals surface area contributed by atoms with Gasteiger partial charge < -0.3 is 4.74 Å². The Morgan fingerprint density at radius 1 is 1.44 bits per heavy atom. The van der Waals surface area contributed by atoms with Crippen LogP contribution in [-0.4, -0.2) is 25.6 Å². The molecule has 0 saturated carbocycles. The van der Waals surface area contributed by atoms with E-state index in [9.17, 15) is 13.2 Å². The molecule has 1 aliphatic rings. The van der Waals surface area contributed by atoms with E-state index in [1.807, 2.05) is 0 Å². The van der Waals surface area contributed by atoms with E-state index in [4.69, 9.17) is 0 Å². The Kier molecular flexibility index (Phi) is 1.63. The first-order valence-electron chi connectivity index (χ1n) is 2.50. The molecule has 54 valence electrons. The van der Waals surface area contributed by atoms with Crippen molar-refractivity contribution in [3.63, 3.8) is 0 Å². The topological polar surface area (TPSA) is 21.3 Å². The molecule has 1 unspecified atom stereocenters. The predicted octanol–water partition coefficient (Wildman–Crippen LogP) is 0.495. The lowest BCUT2D eigenvalue weighted by molar-refractivity contribution is -0.202. The minimum absolute atomic E-state index is 0.00414. The van der Waals surface area contributed by atoms with E-state index >= 15 is 0 Å². The zero-order chi connectivity index (χ0) is 6.91. The lowest BCUT2D eigenvalue weighted by Gasteiger charge is -2.11. The third kappa shape index (κ3) is 1.56. The van der Waals surface area contributed by atoms with E-state index in [2.05, 4.69) is 10.1 Å². The number of halogens is 3. The number of rotatable bonds is 0. The molecule has 9 heavy (non-hydrogen) atoms. The molecule has 0 spiro atoms. The SMILES string of the molecule is FC(F)(F)C1CNCO1. The lowest BCUT2D eigenvalue weighted by atomic mass is 10.4. The third-order valence-electron chi connectivity index (χ3n) is 1.08. The molecule has 1 fully saturated rings. The molecule has 1 heterocycles. The van der Waals surface area contributed by atoms with Crippen LogP contribution in [0.1, 0.15) is 0 Å². The molecule has 0 bridgehead atoms. The van der Waals surface area contributed by atoms with E-state index < -0.39 is 12.3 Å². The fourth-order valence-corrected chi connectivity index (χ4v) is 0.619. The number of hydrogen-bond acceptors (Lipinski definition) is 2. The molecule has 1 saturated heterocycles. The highest BCUT2D eigenvalue weighted by Crippen LogP contribution is 2.23. The van der Waals surface area contributed by atoms with E-state index in [0.29, 0.717) is 0 Å². The van der Waals surface area contributed by atoms with Gasteiger partial charge in [-0.2, -0.15) is 13.2 Å². The molecule has 1 N–H and O–H groups in total. The minimum Gasteiger partial charge on any atom is -0.352 e. The van der Waals surface area contributed by atoms with Gasteiger partial charge in [-0.25, -0.2) is 0 Å². The van der Waals surface area contributed by atoms with Crippen molar-refractivity contribution in [3.05, 3.63) is 0 Å². The molecule has 1 atom stereocenters. The van der Waals surface area contributed by atoms with Crippen LogP contribution in [0.3, 0.4) is 0 Å². The Morgan fingerprint density at radius 2 is 2.11 bits per heavy atom. The average Bonchev–Trinajstić information content (AvgIpc) is 2.08. The first-order chi connectivity index (χ1) is 4.11. The highest BCUT2D eigenvalue weighted by molar-refractivity contribution is 4.73. The molecule has 0 aromatic heterocycles. The van der Waals surface area contributed by atoms with Crippen LogP contribution in [-0.2, 0) is 4.74 Å². The number of alkyl halides is 3. The molecule has 0 aromatic carbocycles. The maximum atomic E-state index is 11.6. The van der Waals surface area contributed by atoms with Gasteiger partial charge in [-0.3, -0.25) is 5.32 Å². The van der Waals surface area contributed by atoms with Crippen LogP contribution in [0, 0.1) is 0 Å². The summed E-state index contributed by atoms with van der Waals surface area (Å²) in [6.07, 6.45) is -5.80. The summed E-state index contributed by atoms with van der Waals surface area (Å²) in [6.45, 7) is -0.117. The van der Waals surface area contributed by atoms with E-state index in [1.54, 1.807) is 0 Å². The van der Waals surface area contributed by atoms with Gasteiger partial charge >= 0.3 is 6.18 Å². The summed E-state index contributed by atoms with van der Waals surface area (Å²) >= 11 is 0. The summed E-state index contributed by atoms with van der Waals surface area (Å²) in [4.78, 5) is 0. The first kappa shape index (κ1) is 6.82. The molecule has 5 heteroatoms. The minimum atomic E-state index is -4.20. The van der Waals surface area contributed by atoms with Crippen LogP contribution in [0.25, 0.3) is 0 Å². The van der Waals surface area contributed by atoms with Crippen molar-refractivity contribution >= 4 is 0 Å². The maximum Gasteiger partial charge on any atom is 0.415 e. The molecule has 1 aliphatic heterocycles. The fraction of sp³-hybridized carbons (Fsp3) is 1.00. The van der Waals surface area contributed by atoms with Gasteiger partial charge in [0.25, 0.3) is 0 Å². The highest BCUT2D eigenvalue weighted by Gasteiger charge is 2.42. The summed E-state index contributed by atoms with van der Waals surface area (Å²) in [5.41, 5.74) is 0. The average molecular weight is 141 g/mol. The van der Waals surface area contributed by atoms with Crippen molar-refractivity contribution in [3.8, 4) is 0 Å². The normalized spacial score (nSPS) is 29.0. The first-order valence-corrected chi connectivity index (χ1v) is 2.50. The Bertz CT molecular complexity index is 96.5. The highest BCUT2D eigenvalue weighted by atomic mass is 19.4. The van der Waals surface area contributed by atoms with Gasteiger partial charge in [0, 0.05) is 6.54 Å². The van der Waals surface area contributed by atoms with Gasteiger partial charge in [-0.1, -0.05) is 0 Å². The molecule has 0 aliphatic carbocycles. The Hall–Kier alpha value is -0.290. The molecular formula is C4H6F3NO. The van der Waals surface area contributed by atoms with Gasteiger partial charge in [0.2, 0.25) is 0 Å². The van der Waals surface area contributed by atoms with Gasteiger partial charge in [0.1, 0.15) is 0 Å². The van der Waals surface area contributed by atoms with E-state index in [0.717, 1.165) is 0 Å². The van der Waals surface area contributed by atoms with Crippen molar-refractivity contribution in [1.82, 2.24) is 5.32 Å². The zero-order valence-corrected chi connectivity index (χ0v) is 4.53. The van der Waals surface area contributed by atoms with Gasteiger partial charge in [-0.15, -0.1) is 0 Å².